The van der Waals surface area contributed by atoms with E-state index in [2.05, 4.69) is 32.7 Å². The number of methoxy groups -OCH3 is 1. The highest BCUT2D eigenvalue weighted by molar-refractivity contribution is 6.37. The zero-order valence-electron chi connectivity index (χ0n) is 19.4. The minimum atomic E-state index is -0.458. The third-order valence-electron chi connectivity index (χ3n) is 6.14. The number of benzene rings is 2. The third-order valence-corrected chi connectivity index (χ3v) is 6.14. The van der Waals surface area contributed by atoms with Gasteiger partial charge in [0, 0.05) is 54.5 Å². The Bertz CT molecular complexity index is 1270. The number of hydrogen-bond acceptors (Lipinski definition) is 7. The highest BCUT2D eigenvalue weighted by Crippen LogP contribution is 2.38. The molecule has 5 rings (SSSR count). The smallest absolute Gasteiger partial charge is 0.337 e. The molecular formula is C27H26N4O4. The maximum atomic E-state index is 13.1. The number of morpholine rings is 1. The zero-order valence-corrected chi connectivity index (χ0v) is 19.4. The van der Waals surface area contributed by atoms with Crippen LogP contribution in [-0.2, 0) is 20.8 Å². The largest absolute Gasteiger partial charge is 0.465 e. The maximum absolute atomic E-state index is 13.1. The van der Waals surface area contributed by atoms with Gasteiger partial charge in [0.05, 0.1) is 37.2 Å². The van der Waals surface area contributed by atoms with Crippen molar-refractivity contribution in [2.24, 2.45) is 0 Å². The van der Waals surface area contributed by atoms with Crippen molar-refractivity contribution in [3.05, 3.63) is 89.2 Å². The van der Waals surface area contributed by atoms with Crippen LogP contribution in [0.1, 0.15) is 27.0 Å². The number of ether oxygens (including phenoxy) is 2. The first kappa shape index (κ1) is 22.8. The molecule has 3 heterocycles. The second-order valence-corrected chi connectivity index (χ2v) is 8.40. The number of anilines is 2. The zero-order chi connectivity index (χ0) is 24.2. The van der Waals surface area contributed by atoms with Gasteiger partial charge in [-0.2, -0.15) is 0 Å². The van der Waals surface area contributed by atoms with Crippen LogP contribution in [0.2, 0.25) is 0 Å². The number of nitrogens with zero attached hydrogens (tertiary/aromatic N) is 2. The molecule has 0 spiro atoms. The van der Waals surface area contributed by atoms with Crippen LogP contribution in [0.5, 0.6) is 0 Å². The average Bonchev–Trinajstić information content (AvgIpc) is 3.23. The second-order valence-electron chi connectivity index (χ2n) is 8.40. The monoisotopic (exact) mass is 470 g/mol. The van der Waals surface area contributed by atoms with E-state index >= 15 is 0 Å². The van der Waals surface area contributed by atoms with Gasteiger partial charge in [0.1, 0.15) is 0 Å². The molecule has 8 heteroatoms. The van der Waals surface area contributed by atoms with Gasteiger partial charge in [0.25, 0.3) is 5.91 Å². The van der Waals surface area contributed by atoms with Gasteiger partial charge in [-0.1, -0.05) is 12.1 Å². The summed E-state index contributed by atoms with van der Waals surface area (Å²) >= 11 is 0. The van der Waals surface area contributed by atoms with Gasteiger partial charge in [0.2, 0.25) is 0 Å². The molecule has 2 N–H and O–H groups in total. The average molecular weight is 471 g/mol. The number of esters is 1. The van der Waals surface area contributed by atoms with Gasteiger partial charge >= 0.3 is 5.97 Å². The molecule has 2 aromatic carbocycles. The molecule has 0 unspecified atom stereocenters. The summed E-state index contributed by atoms with van der Waals surface area (Å²) in [6.07, 6.45) is 3.36. The molecule has 0 aliphatic carbocycles. The minimum Gasteiger partial charge on any atom is -0.465 e. The van der Waals surface area contributed by atoms with Gasteiger partial charge in [-0.15, -0.1) is 0 Å². The van der Waals surface area contributed by atoms with Crippen LogP contribution in [0.4, 0.5) is 11.4 Å². The number of nitrogens with one attached hydrogen (secondary N) is 2. The minimum absolute atomic E-state index is 0.245. The molecule has 1 aromatic heterocycles. The van der Waals surface area contributed by atoms with Crippen LogP contribution in [-0.4, -0.2) is 55.2 Å². The molecule has 1 fully saturated rings. The molecule has 0 bridgehead atoms. The number of pyridine rings is 1. The Morgan fingerprint density at radius 1 is 1.06 bits per heavy atom. The first-order valence-electron chi connectivity index (χ1n) is 11.5. The van der Waals surface area contributed by atoms with Crippen molar-refractivity contribution in [1.29, 1.82) is 0 Å². The van der Waals surface area contributed by atoms with Crippen molar-refractivity contribution in [3.8, 4) is 0 Å². The number of fused-ring (bicyclic) bond motifs is 1. The fourth-order valence-electron chi connectivity index (χ4n) is 4.31. The number of carbonyl (C=O) groups excluding carboxylic acids is 2. The number of carbonyl (C=O) groups is 2. The fraction of sp³-hybridized carbons (Fsp3) is 0.222. The molecule has 2 aliphatic heterocycles. The van der Waals surface area contributed by atoms with E-state index in [4.69, 9.17) is 9.47 Å². The second kappa shape index (κ2) is 10.1. The Labute approximate surface area is 203 Å². The highest BCUT2D eigenvalue weighted by Gasteiger charge is 2.29. The van der Waals surface area contributed by atoms with Gasteiger partial charge in [0.15, 0.2) is 0 Å². The van der Waals surface area contributed by atoms with E-state index in [1.807, 2.05) is 24.3 Å². The van der Waals surface area contributed by atoms with Crippen molar-refractivity contribution >= 4 is 34.5 Å². The predicted molar refractivity (Wildman–Crippen MR) is 134 cm³/mol. The molecule has 35 heavy (non-hydrogen) atoms. The van der Waals surface area contributed by atoms with E-state index in [0.717, 1.165) is 44.1 Å². The van der Waals surface area contributed by atoms with Gasteiger partial charge in [-0.3, -0.25) is 14.7 Å². The molecule has 2 aliphatic rings. The van der Waals surface area contributed by atoms with Crippen LogP contribution in [0.15, 0.2) is 67.0 Å². The maximum Gasteiger partial charge on any atom is 0.337 e. The topological polar surface area (TPSA) is 92.8 Å². The Morgan fingerprint density at radius 2 is 1.80 bits per heavy atom. The third kappa shape index (κ3) is 4.94. The summed E-state index contributed by atoms with van der Waals surface area (Å²) in [5, 5.41) is 6.35. The van der Waals surface area contributed by atoms with Crippen molar-refractivity contribution in [2.75, 3.05) is 44.0 Å². The van der Waals surface area contributed by atoms with Crippen molar-refractivity contribution < 1.29 is 19.1 Å². The summed E-state index contributed by atoms with van der Waals surface area (Å²) < 4.78 is 10.3. The lowest BCUT2D eigenvalue weighted by Gasteiger charge is -2.26. The van der Waals surface area contributed by atoms with E-state index in [1.54, 1.807) is 30.6 Å². The summed E-state index contributed by atoms with van der Waals surface area (Å²) in [5.74, 6) is -0.703. The molecule has 1 saturated heterocycles. The van der Waals surface area contributed by atoms with E-state index in [1.165, 1.54) is 12.7 Å². The Hall–Kier alpha value is -4.01. The lowest BCUT2D eigenvalue weighted by molar-refractivity contribution is -0.110. The molecule has 3 aromatic rings. The number of aromatic nitrogens is 1. The Morgan fingerprint density at radius 3 is 2.51 bits per heavy atom. The van der Waals surface area contributed by atoms with Crippen LogP contribution in [0.3, 0.4) is 0 Å². The molecule has 0 radical (unpaired) electrons. The number of rotatable bonds is 6. The molecule has 8 nitrogen and oxygen atoms in total. The first-order valence-corrected chi connectivity index (χ1v) is 11.5. The number of hydrogen-bond donors (Lipinski definition) is 2. The normalized spacial score (nSPS) is 16.9. The van der Waals surface area contributed by atoms with Gasteiger partial charge in [-0.25, -0.2) is 4.79 Å². The van der Waals surface area contributed by atoms with Crippen LogP contribution in [0, 0.1) is 0 Å². The lowest BCUT2D eigenvalue weighted by Crippen LogP contribution is -2.35. The van der Waals surface area contributed by atoms with E-state index in [0.29, 0.717) is 28.1 Å². The van der Waals surface area contributed by atoms with Crippen molar-refractivity contribution in [2.45, 2.75) is 6.54 Å². The van der Waals surface area contributed by atoms with E-state index in [-0.39, 0.29) is 5.91 Å². The Balaban J connectivity index is 1.50. The van der Waals surface area contributed by atoms with Crippen LogP contribution < -0.4 is 10.6 Å². The van der Waals surface area contributed by atoms with Crippen LogP contribution >= 0.6 is 0 Å². The van der Waals surface area contributed by atoms with Crippen molar-refractivity contribution in [1.82, 2.24) is 9.88 Å². The standard InChI is InChI=1S/C27H26N4O4/c1-34-27(33)20-4-7-23-22(16-20)24(26(32)30-23)25(19-8-10-28-11-9-19)29-21-5-2-18(3-6-21)17-31-12-14-35-15-13-31/h2-11,16,29H,12-15,17H2,1H3,(H,30,32)/b25-24-. The number of amides is 1. The summed E-state index contributed by atoms with van der Waals surface area (Å²) in [5.41, 5.74) is 5.61. The predicted octanol–water partition coefficient (Wildman–Crippen LogP) is 3.63. The lowest BCUT2D eigenvalue weighted by atomic mass is 9.99. The molecular weight excluding hydrogens is 444 g/mol. The summed E-state index contributed by atoms with van der Waals surface area (Å²) in [7, 11) is 1.34. The first-order chi connectivity index (χ1) is 17.1. The summed E-state index contributed by atoms with van der Waals surface area (Å²) in [4.78, 5) is 31.7. The molecule has 0 saturated carbocycles. The quantitative estimate of drug-likeness (QED) is 0.420. The SMILES string of the molecule is COC(=O)c1ccc2c(c1)/C(=C(/Nc1ccc(CN3CCOCC3)cc1)c1ccncc1)C(=O)N2. The molecule has 178 valence electrons. The highest BCUT2D eigenvalue weighted by atomic mass is 16.5. The van der Waals surface area contributed by atoms with Gasteiger partial charge in [-0.05, 0) is 48.0 Å². The van der Waals surface area contributed by atoms with E-state index < -0.39 is 5.97 Å². The van der Waals surface area contributed by atoms with Crippen LogP contribution in [0.25, 0.3) is 11.3 Å². The summed E-state index contributed by atoms with van der Waals surface area (Å²) in [6, 6.07) is 16.9. The van der Waals surface area contributed by atoms with Gasteiger partial charge < -0.3 is 20.1 Å². The molecule has 0 atom stereocenters. The molecule has 1 amide bonds. The fourth-order valence-corrected chi connectivity index (χ4v) is 4.31. The van der Waals surface area contributed by atoms with E-state index in [9.17, 15) is 9.59 Å². The summed E-state index contributed by atoms with van der Waals surface area (Å²) in [6.45, 7) is 4.27. The Kier molecular flexibility index (Phi) is 6.56. The van der Waals surface area contributed by atoms with Crippen molar-refractivity contribution in [3.63, 3.8) is 0 Å².